The molecule has 8 nitrogen and oxygen atoms in total. The SMILES string of the molecule is CCOC(=O)C1=C(N)OC2=C(C(=O)CC(C)(C)C2)C1c1cc(Br)ccc1OCC(=O)Nc1cccc(Cl)c1. The van der Waals surface area contributed by atoms with Gasteiger partial charge in [-0.2, -0.15) is 0 Å². The molecule has 1 amide bonds. The highest BCUT2D eigenvalue weighted by Gasteiger charge is 2.46. The smallest absolute Gasteiger partial charge is 0.340 e. The normalized spacial score (nSPS) is 18.4. The molecule has 4 rings (SSSR count). The van der Waals surface area contributed by atoms with Gasteiger partial charge in [0.2, 0.25) is 5.88 Å². The summed E-state index contributed by atoms with van der Waals surface area (Å²) in [7, 11) is 0. The molecule has 1 aliphatic carbocycles. The summed E-state index contributed by atoms with van der Waals surface area (Å²) in [5.41, 5.74) is 7.30. The second-order valence-corrected chi connectivity index (χ2v) is 11.2. The first kappa shape index (κ1) is 27.7. The van der Waals surface area contributed by atoms with Crippen LogP contribution in [0, 0.1) is 5.41 Å². The number of allylic oxidation sites excluding steroid dienone is 2. The van der Waals surface area contributed by atoms with Gasteiger partial charge in [-0.05, 0) is 48.7 Å². The van der Waals surface area contributed by atoms with Crippen molar-refractivity contribution in [3.63, 3.8) is 0 Å². The van der Waals surface area contributed by atoms with Crippen molar-refractivity contribution in [3.8, 4) is 5.75 Å². The number of anilines is 1. The highest BCUT2D eigenvalue weighted by Crippen LogP contribution is 2.50. The van der Waals surface area contributed by atoms with Crippen LogP contribution < -0.4 is 15.8 Å². The maximum absolute atomic E-state index is 13.5. The zero-order chi connectivity index (χ0) is 27.6. The summed E-state index contributed by atoms with van der Waals surface area (Å²) in [6.45, 7) is 5.41. The lowest BCUT2D eigenvalue weighted by molar-refractivity contribution is -0.139. The maximum Gasteiger partial charge on any atom is 0.340 e. The van der Waals surface area contributed by atoms with Gasteiger partial charge in [-0.3, -0.25) is 9.59 Å². The minimum atomic E-state index is -0.898. The minimum Gasteiger partial charge on any atom is -0.483 e. The Morgan fingerprint density at radius 1 is 1.21 bits per heavy atom. The topological polar surface area (TPSA) is 117 Å². The molecule has 2 aliphatic rings. The Morgan fingerprint density at radius 3 is 2.68 bits per heavy atom. The quantitative estimate of drug-likeness (QED) is 0.395. The lowest BCUT2D eigenvalue weighted by Crippen LogP contribution is -2.36. The van der Waals surface area contributed by atoms with Gasteiger partial charge in [-0.15, -0.1) is 0 Å². The van der Waals surface area contributed by atoms with Gasteiger partial charge in [-0.1, -0.05) is 47.4 Å². The van der Waals surface area contributed by atoms with Crippen molar-refractivity contribution in [3.05, 3.63) is 80.3 Å². The van der Waals surface area contributed by atoms with E-state index < -0.39 is 17.8 Å². The summed E-state index contributed by atoms with van der Waals surface area (Å²) >= 11 is 9.48. The number of hydrogen-bond donors (Lipinski definition) is 2. The Morgan fingerprint density at radius 2 is 1.97 bits per heavy atom. The maximum atomic E-state index is 13.5. The molecule has 0 aromatic heterocycles. The van der Waals surface area contributed by atoms with Crippen LogP contribution in [0.4, 0.5) is 5.69 Å². The number of Topliss-reactive ketones (excluding diaryl/α,β-unsaturated/α-hetero) is 1. The summed E-state index contributed by atoms with van der Waals surface area (Å²) < 4.78 is 17.8. The number of ether oxygens (including phenoxy) is 3. The monoisotopic (exact) mass is 602 g/mol. The van der Waals surface area contributed by atoms with Gasteiger partial charge in [0.15, 0.2) is 12.4 Å². The lowest BCUT2D eigenvalue weighted by atomic mass is 9.70. The molecule has 0 spiro atoms. The van der Waals surface area contributed by atoms with Gasteiger partial charge in [0.1, 0.15) is 17.1 Å². The van der Waals surface area contributed by atoms with Crippen molar-refractivity contribution < 1.29 is 28.6 Å². The molecule has 2 aromatic rings. The molecule has 0 bridgehead atoms. The Hall–Kier alpha value is -3.30. The second kappa shape index (κ2) is 11.2. The van der Waals surface area contributed by atoms with Gasteiger partial charge >= 0.3 is 5.97 Å². The van der Waals surface area contributed by atoms with E-state index in [0.717, 1.165) is 0 Å². The van der Waals surface area contributed by atoms with E-state index in [9.17, 15) is 14.4 Å². The summed E-state index contributed by atoms with van der Waals surface area (Å²) in [5, 5.41) is 3.22. The highest BCUT2D eigenvalue weighted by molar-refractivity contribution is 9.10. The molecule has 0 radical (unpaired) electrons. The van der Waals surface area contributed by atoms with Crippen LogP contribution in [0.2, 0.25) is 5.02 Å². The molecular weight excluding hydrogens is 576 g/mol. The second-order valence-electron chi connectivity index (χ2n) is 9.84. The van der Waals surface area contributed by atoms with Crippen molar-refractivity contribution in [1.82, 2.24) is 0 Å². The number of halogens is 2. The lowest BCUT2D eigenvalue weighted by Gasteiger charge is -2.38. The predicted octanol–water partition coefficient (Wildman–Crippen LogP) is 5.61. The van der Waals surface area contributed by atoms with Crippen LogP contribution in [0.15, 0.2) is 69.7 Å². The molecule has 0 saturated heterocycles. The predicted molar refractivity (Wildman–Crippen MR) is 146 cm³/mol. The molecule has 10 heteroatoms. The van der Waals surface area contributed by atoms with Crippen molar-refractivity contribution in [2.75, 3.05) is 18.5 Å². The molecular formula is C28H28BrClN2O6. The van der Waals surface area contributed by atoms with Gasteiger partial charge < -0.3 is 25.3 Å². The largest absolute Gasteiger partial charge is 0.483 e. The molecule has 200 valence electrons. The molecule has 1 heterocycles. The number of carbonyl (C=O) groups is 3. The first-order chi connectivity index (χ1) is 18.0. The fraction of sp³-hybridized carbons (Fsp3) is 0.321. The van der Waals surface area contributed by atoms with Crippen LogP contribution in [0.25, 0.3) is 0 Å². The Balaban J connectivity index is 1.73. The average Bonchev–Trinajstić information content (AvgIpc) is 2.81. The number of esters is 1. The van der Waals surface area contributed by atoms with Gasteiger partial charge in [0, 0.05) is 39.2 Å². The van der Waals surface area contributed by atoms with Gasteiger partial charge in [0.25, 0.3) is 5.91 Å². The third kappa shape index (κ3) is 6.05. The zero-order valence-corrected chi connectivity index (χ0v) is 23.6. The third-order valence-corrected chi connectivity index (χ3v) is 6.93. The Bertz CT molecular complexity index is 1370. The van der Waals surface area contributed by atoms with Crippen LogP contribution in [-0.4, -0.2) is 30.9 Å². The molecule has 1 atom stereocenters. The molecule has 0 saturated carbocycles. The number of rotatable bonds is 7. The van der Waals surface area contributed by atoms with Gasteiger partial charge in [0.05, 0.1) is 12.5 Å². The number of benzene rings is 2. The van der Waals surface area contributed by atoms with Crippen molar-refractivity contribution in [1.29, 1.82) is 0 Å². The standard InChI is InChI=1S/C28H28BrClN2O6/c1-4-36-27(35)25-23(24-19(33)12-28(2,3)13-21(24)38-26(25)31)18-10-15(29)8-9-20(18)37-14-22(34)32-17-7-5-6-16(30)11-17/h5-11,23H,4,12-14,31H2,1-3H3,(H,32,34). The van der Waals surface area contributed by atoms with Crippen molar-refractivity contribution in [2.45, 2.75) is 39.5 Å². The fourth-order valence-corrected chi connectivity index (χ4v) is 5.26. The molecule has 1 unspecified atom stereocenters. The van der Waals surface area contributed by atoms with Crippen LogP contribution in [0.1, 0.15) is 45.1 Å². The van der Waals surface area contributed by atoms with Crippen LogP contribution in [0.3, 0.4) is 0 Å². The Labute approximate surface area is 234 Å². The van der Waals surface area contributed by atoms with Crippen molar-refractivity contribution >= 4 is 50.9 Å². The Kier molecular flexibility index (Phi) is 8.18. The average molecular weight is 604 g/mol. The molecule has 3 N–H and O–H groups in total. The molecule has 2 aromatic carbocycles. The van der Waals surface area contributed by atoms with Crippen LogP contribution in [0.5, 0.6) is 5.75 Å². The van der Waals surface area contributed by atoms with E-state index >= 15 is 0 Å². The number of carbonyl (C=O) groups excluding carboxylic acids is 3. The molecule has 38 heavy (non-hydrogen) atoms. The van der Waals surface area contributed by atoms with E-state index in [4.69, 9.17) is 31.5 Å². The van der Waals surface area contributed by atoms with Gasteiger partial charge in [-0.25, -0.2) is 4.79 Å². The highest BCUT2D eigenvalue weighted by atomic mass is 79.9. The number of ketones is 1. The number of hydrogen-bond acceptors (Lipinski definition) is 7. The first-order valence-corrected chi connectivity index (χ1v) is 13.2. The van der Waals surface area contributed by atoms with Crippen LogP contribution >= 0.6 is 27.5 Å². The summed E-state index contributed by atoms with van der Waals surface area (Å²) in [6, 6.07) is 11.9. The summed E-state index contributed by atoms with van der Waals surface area (Å²) in [6.07, 6.45) is 0.738. The van der Waals surface area contributed by atoms with E-state index in [1.807, 2.05) is 13.8 Å². The number of nitrogens with one attached hydrogen (secondary N) is 1. The van der Waals surface area contributed by atoms with Crippen LogP contribution in [-0.2, 0) is 23.9 Å². The van der Waals surface area contributed by atoms with Crippen molar-refractivity contribution in [2.24, 2.45) is 11.1 Å². The number of nitrogens with two attached hydrogens (primary N) is 1. The molecule has 1 aliphatic heterocycles. The first-order valence-electron chi connectivity index (χ1n) is 12.1. The summed E-state index contributed by atoms with van der Waals surface area (Å²) in [5.74, 6) is -1.55. The fourth-order valence-electron chi connectivity index (χ4n) is 4.69. The zero-order valence-electron chi connectivity index (χ0n) is 21.2. The van der Waals surface area contributed by atoms with E-state index in [0.29, 0.717) is 44.2 Å². The van der Waals surface area contributed by atoms with E-state index in [1.165, 1.54) is 0 Å². The molecule has 0 fully saturated rings. The number of amides is 1. The van der Waals surface area contributed by atoms with E-state index in [-0.39, 0.29) is 42.3 Å². The summed E-state index contributed by atoms with van der Waals surface area (Å²) in [4.78, 5) is 39.2. The third-order valence-electron chi connectivity index (χ3n) is 6.20. The van der Waals surface area contributed by atoms with E-state index in [2.05, 4.69) is 21.2 Å². The minimum absolute atomic E-state index is 0.0185. The van der Waals surface area contributed by atoms with E-state index in [1.54, 1.807) is 49.4 Å².